The quantitative estimate of drug-likeness (QED) is 0.409. The molecule has 0 unspecified atom stereocenters. The third kappa shape index (κ3) is 3.38. The molecule has 24 heavy (non-hydrogen) atoms. The van der Waals surface area contributed by atoms with Gasteiger partial charge in [-0.05, 0) is 29.3 Å². The van der Waals surface area contributed by atoms with Gasteiger partial charge in [-0.1, -0.05) is 30.3 Å². The monoisotopic (exact) mass is 326 g/mol. The minimum atomic E-state index is -0.326. The molecule has 0 bridgehead atoms. The van der Waals surface area contributed by atoms with Gasteiger partial charge >= 0.3 is 0 Å². The van der Waals surface area contributed by atoms with Crippen LogP contribution < -0.4 is 4.74 Å². The molecule has 1 N–H and O–H groups in total. The predicted octanol–water partition coefficient (Wildman–Crippen LogP) is 3.56. The summed E-state index contributed by atoms with van der Waals surface area (Å²) in [5, 5.41) is 12.2. The molecule has 1 aromatic heterocycles. The number of para-hydroxylation sites is 1. The molecule has 0 saturated heterocycles. The SMILES string of the molecule is COCOc1ccc([C@@H](C[N+](=O)[O-])c2c[nH]c3ccccc23)cc1. The lowest BCUT2D eigenvalue weighted by Crippen LogP contribution is -2.13. The molecule has 0 aliphatic heterocycles. The van der Waals surface area contributed by atoms with Gasteiger partial charge in [0, 0.05) is 29.1 Å². The molecule has 2 aromatic carbocycles. The minimum absolute atomic E-state index is 0.167. The third-order valence-electron chi connectivity index (χ3n) is 3.95. The van der Waals surface area contributed by atoms with E-state index in [9.17, 15) is 10.1 Å². The number of fused-ring (bicyclic) bond motifs is 1. The van der Waals surface area contributed by atoms with Crippen molar-refractivity contribution >= 4 is 10.9 Å². The summed E-state index contributed by atoms with van der Waals surface area (Å²) in [5.41, 5.74) is 2.77. The summed E-state index contributed by atoms with van der Waals surface area (Å²) < 4.78 is 10.2. The Morgan fingerprint density at radius 3 is 2.62 bits per heavy atom. The Morgan fingerprint density at radius 2 is 1.92 bits per heavy atom. The van der Waals surface area contributed by atoms with E-state index >= 15 is 0 Å². The van der Waals surface area contributed by atoms with Crippen LogP contribution in [0.15, 0.2) is 54.7 Å². The maximum Gasteiger partial charge on any atom is 0.214 e. The summed E-state index contributed by atoms with van der Waals surface area (Å²) >= 11 is 0. The van der Waals surface area contributed by atoms with Crippen molar-refractivity contribution in [2.45, 2.75) is 5.92 Å². The van der Waals surface area contributed by atoms with Gasteiger partial charge in [-0.15, -0.1) is 0 Å². The van der Waals surface area contributed by atoms with Gasteiger partial charge in [0.05, 0.1) is 5.92 Å². The topological polar surface area (TPSA) is 77.4 Å². The first kappa shape index (κ1) is 16.0. The number of nitro groups is 1. The number of hydrogen-bond acceptors (Lipinski definition) is 4. The molecule has 124 valence electrons. The molecule has 0 aliphatic carbocycles. The van der Waals surface area contributed by atoms with Crippen molar-refractivity contribution in [3.05, 3.63) is 76.0 Å². The fraction of sp³-hybridized carbons (Fsp3) is 0.222. The first-order valence-corrected chi connectivity index (χ1v) is 7.58. The second-order valence-corrected chi connectivity index (χ2v) is 5.48. The van der Waals surface area contributed by atoms with Crippen LogP contribution in [0.3, 0.4) is 0 Å². The van der Waals surface area contributed by atoms with Crippen LogP contribution in [-0.2, 0) is 4.74 Å². The largest absolute Gasteiger partial charge is 0.468 e. The highest BCUT2D eigenvalue weighted by molar-refractivity contribution is 5.84. The zero-order chi connectivity index (χ0) is 16.9. The molecule has 0 saturated carbocycles. The van der Waals surface area contributed by atoms with E-state index in [0.29, 0.717) is 5.75 Å². The lowest BCUT2D eigenvalue weighted by Gasteiger charge is -2.14. The van der Waals surface area contributed by atoms with Crippen molar-refractivity contribution < 1.29 is 14.4 Å². The Kier molecular flexibility index (Phi) is 4.77. The van der Waals surface area contributed by atoms with Crippen molar-refractivity contribution in [3.8, 4) is 5.75 Å². The molecular weight excluding hydrogens is 308 g/mol. The van der Waals surface area contributed by atoms with Crippen LogP contribution in [0.1, 0.15) is 17.0 Å². The maximum absolute atomic E-state index is 11.2. The van der Waals surface area contributed by atoms with Crippen molar-refractivity contribution in [2.75, 3.05) is 20.4 Å². The zero-order valence-corrected chi connectivity index (χ0v) is 13.3. The molecule has 1 heterocycles. The van der Waals surface area contributed by atoms with Crippen molar-refractivity contribution in [1.82, 2.24) is 4.98 Å². The van der Waals surface area contributed by atoms with E-state index in [2.05, 4.69) is 4.98 Å². The summed E-state index contributed by atoms with van der Waals surface area (Å²) in [7, 11) is 1.55. The molecule has 0 fully saturated rings. The number of aromatic amines is 1. The number of nitrogens with zero attached hydrogens (tertiary/aromatic N) is 1. The molecule has 3 aromatic rings. The molecule has 3 rings (SSSR count). The summed E-state index contributed by atoms with van der Waals surface area (Å²) in [6, 6.07) is 15.1. The summed E-state index contributed by atoms with van der Waals surface area (Å²) in [5.74, 6) is 0.340. The molecule has 0 spiro atoms. The number of H-pyrrole nitrogens is 1. The van der Waals surface area contributed by atoms with Gasteiger partial charge in [0.15, 0.2) is 6.79 Å². The van der Waals surface area contributed by atoms with Crippen LogP contribution in [0.4, 0.5) is 0 Å². The van der Waals surface area contributed by atoms with Crippen LogP contribution in [-0.4, -0.2) is 30.4 Å². The van der Waals surface area contributed by atoms with Gasteiger partial charge in [0.2, 0.25) is 6.54 Å². The van der Waals surface area contributed by atoms with E-state index in [4.69, 9.17) is 9.47 Å². The summed E-state index contributed by atoms with van der Waals surface area (Å²) in [6.07, 6.45) is 1.86. The van der Waals surface area contributed by atoms with Gasteiger partial charge in [-0.25, -0.2) is 0 Å². The van der Waals surface area contributed by atoms with Gasteiger partial charge in [0.25, 0.3) is 0 Å². The van der Waals surface area contributed by atoms with Gasteiger partial charge < -0.3 is 14.5 Å². The second-order valence-electron chi connectivity index (χ2n) is 5.48. The van der Waals surface area contributed by atoms with Crippen molar-refractivity contribution in [1.29, 1.82) is 0 Å². The highest BCUT2D eigenvalue weighted by Gasteiger charge is 2.23. The van der Waals surface area contributed by atoms with E-state index in [1.165, 1.54) is 0 Å². The van der Waals surface area contributed by atoms with Gasteiger partial charge in [0.1, 0.15) is 5.75 Å². The standard InChI is InChI=1S/C18H18N2O4/c1-23-12-24-14-8-6-13(7-9-14)17(11-20(21)22)16-10-19-18-5-3-2-4-15(16)18/h2-10,17,19H,11-12H2,1H3/t17-/m1/s1. The van der Waals surface area contributed by atoms with Crippen LogP contribution in [0.2, 0.25) is 0 Å². The molecule has 0 amide bonds. The van der Waals surface area contributed by atoms with Crippen molar-refractivity contribution in [2.24, 2.45) is 0 Å². The average molecular weight is 326 g/mol. The first-order chi connectivity index (χ1) is 11.7. The normalized spacial score (nSPS) is 12.2. The molecule has 0 aliphatic rings. The van der Waals surface area contributed by atoms with Crippen LogP contribution in [0.5, 0.6) is 5.75 Å². The second kappa shape index (κ2) is 7.14. The number of nitrogens with one attached hydrogen (secondary N) is 1. The Balaban J connectivity index is 1.96. The summed E-state index contributed by atoms with van der Waals surface area (Å²) in [6.45, 7) is 0.000242. The average Bonchev–Trinajstić information content (AvgIpc) is 3.02. The molecule has 6 heteroatoms. The van der Waals surface area contributed by atoms with Crippen LogP contribution in [0, 0.1) is 10.1 Å². The van der Waals surface area contributed by atoms with E-state index in [0.717, 1.165) is 22.0 Å². The Labute approximate surface area is 139 Å². The Bertz CT molecular complexity index is 826. The van der Waals surface area contributed by atoms with Gasteiger partial charge in [-0.3, -0.25) is 10.1 Å². The predicted molar refractivity (Wildman–Crippen MR) is 90.9 cm³/mol. The van der Waals surface area contributed by atoms with E-state index in [1.54, 1.807) is 19.2 Å². The van der Waals surface area contributed by atoms with Crippen molar-refractivity contribution in [3.63, 3.8) is 0 Å². The zero-order valence-electron chi connectivity index (χ0n) is 13.3. The van der Waals surface area contributed by atoms with Gasteiger partial charge in [-0.2, -0.15) is 0 Å². The Hall–Kier alpha value is -2.86. The number of methoxy groups -OCH3 is 1. The lowest BCUT2D eigenvalue weighted by molar-refractivity contribution is -0.481. The highest BCUT2D eigenvalue weighted by atomic mass is 16.7. The minimum Gasteiger partial charge on any atom is -0.468 e. The fourth-order valence-corrected chi connectivity index (χ4v) is 2.84. The number of ether oxygens (including phenoxy) is 2. The van der Waals surface area contributed by atoms with Crippen LogP contribution >= 0.6 is 0 Å². The lowest BCUT2D eigenvalue weighted by atomic mass is 9.91. The Morgan fingerprint density at radius 1 is 1.17 bits per heavy atom. The number of rotatable bonds is 7. The smallest absolute Gasteiger partial charge is 0.214 e. The maximum atomic E-state index is 11.2. The highest BCUT2D eigenvalue weighted by Crippen LogP contribution is 2.31. The molecular formula is C18H18N2O4. The first-order valence-electron chi connectivity index (χ1n) is 7.58. The van der Waals surface area contributed by atoms with E-state index < -0.39 is 0 Å². The number of aromatic nitrogens is 1. The third-order valence-corrected chi connectivity index (χ3v) is 3.95. The molecule has 0 radical (unpaired) electrons. The molecule has 1 atom stereocenters. The fourth-order valence-electron chi connectivity index (χ4n) is 2.84. The number of hydrogen-bond donors (Lipinski definition) is 1. The summed E-state index contributed by atoms with van der Waals surface area (Å²) in [4.78, 5) is 14.1. The van der Waals surface area contributed by atoms with Crippen LogP contribution in [0.25, 0.3) is 10.9 Å². The van der Waals surface area contributed by atoms with E-state index in [-0.39, 0.29) is 24.2 Å². The molecule has 6 nitrogen and oxygen atoms in total. The number of benzene rings is 2. The van der Waals surface area contributed by atoms with E-state index in [1.807, 2.05) is 42.6 Å².